The van der Waals surface area contributed by atoms with Gasteiger partial charge in [0.05, 0.1) is 4.34 Å². The van der Waals surface area contributed by atoms with Crippen LogP contribution < -0.4 is 5.32 Å². The first-order valence-electron chi connectivity index (χ1n) is 7.79. The Labute approximate surface area is 136 Å². The average Bonchev–Trinajstić information content (AvgIpc) is 2.82. The second-order valence-electron chi connectivity index (χ2n) is 6.18. The van der Waals surface area contributed by atoms with E-state index < -0.39 is 0 Å². The van der Waals surface area contributed by atoms with Crippen LogP contribution in [0.4, 0.5) is 0 Å². The van der Waals surface area contributed by atoms with Gasteiger partial charge in [-0.2, -0.15) is 0 Å². The van der Waals surface area contributed by atoms with Gasteiger partial charge in [0.15, 0.2) is 0 Å². The van der Waals surface area contributed by atoms with Crippen LogP contribution in [0.1, 0.15) is 38.0 Å². The molecule has 0 spiro atoms. The summed E-state index contributed by atoms with van der Waals surface area (Å²) < 4.78 is 0.790. The number of rotatable bonds is 6. The fourth-order valence-electron chi connectivity index (χ4n) is 2.96. The van der Waals surface area contributed by atoms with Gasteiger partial charge in [0.2, 0.25) is 5.91 Å². The summed E-state index contributed by atoms with van der Waals surface area (Å²) in [6, 6.07) is 4.10. The number of amides is 1. The van der Waals surface area contributed by atoms with Crippen molar-refractivity contribution in [3.63, 3.8) is 0 Å². The lowest BCUT2D eigenvalue weighted by molar-refractivity contribution is -0.121. The summed E-state index contributed by atoms with van der Waals surface area (Å²) >= 11 is 7.45. The molecule has 2 heterocycles. The molecule has 1 aliphatic rings. The summed E-state index contributed by atoms with van der Waals surface area (Å²) in [5.74, 6) is 0.919. The molecule has 3 nitrogen and oxygen atoms in total. The number of carbonyl (C=O) groups excluding carboxylic acids is 1. The number of nitrogens with zero attached hydrogens (tertiary/aromatic N) is 1. The van der Waals surface area contributed by atoms with Gasteiger partial charge < -0.3 is 10.2 Å². The van der Waals surface area contributed by atoms with E-state index in [4.69, 9.17) is 11.6 Å². The Morgan fingerprint density at radius 3 is 3.05 bits per heavy atom. The summed E-state index contributed by atoms with van der Waals surface area (Å²) in [6.45, 7) is 7.69. The Morgan fingerprint density at radius 2 is 2.38 bits per heavy atom. The van der Waals surface area contributed by atoms with E-state index in [0.29, 0.717) is 6.42 Å². The predicted molar refractivity (Wildman–Crippen MR) is 90.1 cm³/mol. The molecule has 0 saturated carbocycles. The monoisotopic (exact) mass is 328 g/mol. The average molecular weight is 329 g/mol. The highest BCUT2D eigenvalue weighted by molar-refractivity contribution is 7.16. The first-order chi connectivity index (χ1) is 10.0. The van der Waals surface area contributed by atoms with Gasteiger partial charge in [0, 0.05) is 30.4 Å². The van der Waals surface area contributed by atoms with E-state index in [0.717, 1.165) is 36.3 Å². The summed E-state index contributed by atoms with van der Waals surface area (Å²) in [4.78, 5) is 15.6. The van der Waals surface area contributed by atoms with Crippen molar-refractivity contribution in [3.8, 4) is 0 Å². The zero-order valence-electron chi connectivity index (χ0n) is 12.9. The van der Waals surface area contributed by atoms with Gasteiger partial charge in [-0.3, -0.25) is 4.79 Å². The molecule has 1 N–H and O–H groups in total. The summed E-state index contributed by atoms with van der Waals surface area (Å²) in [6.07, 6.45) is 3.93. The lowest BCUT2D eigenvalue weighted by atomic mass is 10.00. The number of halogens is 1. The van der Waals surface area contributed by atoms with E-state index in [9.17, 15) is 4.79 Å². The molecule has 1 saturated heterocycles. The molecule has 21 heavy (non-hydrogen) atoms. The number of thiophene rings is 1. The van der Waals surface area contributed by atoms with Crippen LogP contribution in [0.3, 0.4) is 0 Å². The number of hydrogen-bond acceptors (Lipinski definition) is 3. The Hall–Kier alpha value is -0.580. The number of aryl methyl sites for hydroxylation is 1. The zero-order valence-corrected chi connectivity index (χ0v) is 14.5. The molecule has 1 aromatic heterocycles. The quantitative estimate of drug-likeness (QED) is 0.865. The molecule has 0 bridgehead atoms. The number of likely N-dealkylation sites (tertiary alicyclic amines) is 1. The Kier molecular flexibility index (Phi) is 6.52. The molecule has 1 aliphatic heterocycles. The van der Waals surface area contributed by atoms with Crippen molar-refractivity contribution in [2.75, 3.05) is 19.6 Å². The maximum absolute atomic E-state index is 12.0. The lowest BCUT2D eigenvalue weighted by Gasteiger charge is -2.32. The Bertz CT molecular complexity index is 463. The molecule has 2 unspecified atom stereocenters. The number of hydrogen-bond donors (Lipinski definition) is 1. The summed E-state index contributed by atoms with van der Waals surface area (Å²) in [5.41, 5.74) is 0. The third-order valence-electron chi connectivity index (χ3n) is 3.91. The predicted octanol–water partition coefficient (Wildman–Crippen LogP) is 3.57. The smallest absolute Gasteiger partial charge is 0.220 e. The minimum absolute atomic E-state index is 0.136. The second-order valence-corrected chi connectivity index (χ2v) is 7.98. The van der Waals surface area contributed by atoms with Crippen molar-refractivity contribution < 1.29 is 4.79 Å². The third-order valence-corrected chi connectivity index (χ3v) is 5.20. The van der Waals surface area contributed by atoms with E-state index >= 15 is 0 Å². The summed E-state index contributed by atoms with van der Waals surface area (Å²) in [7, 11) is 0. The van der Waals surface area contributed by atoms with E-state index in [-0.39, 0.29) is 11.9 Å². The zero-order chi connectivity index (χ0) is 15.2. The molecule has 1 fully saturated rings. The standard InChI is InChI=1S/C16H25ClN2OS/c1-12-4-3-9-19(10-12)11-13(2)18-16(20)8-6-14-5-7-15(17)21-14/h5,7,12-13H,3-4,6,8-11H2,1-2H3,(H,18,20). The van der Waals surface area contributed by atoms with Crippen molar-refractivity contribution in [1.82, 2.24) is 10.2 Å². The number of nitrogens with one attached hydrogen (secondary N) is 1. The van der Waals surface area contributed by atoms with E-state index in [1.165, 1.54) is 17.7 Å². The third kappa shape index (κ3) is 5.97. The largest absolute Gasteiger partial charge is 0.352 e. The van der Waals surface area contributed by atoms with Crippen LogP contribution in [0.25, 0.3) is 0 Å². The van der Waals surface area contributed by atoms with E-state index in [1.807, 2.05) is 12.1 Å². The van der Waals surface area contributed by atoms with Crippen LogP contribution in [-0.2, 0) is 11.2 Å². The topological polar surface area (TPSA) is 32.3 Å². The van der Waals surface area contributed by atoms with E-state index in [2.05, 4.69) is 24.1 Å². The molecule has 5 heteroatoms. The van der Waals surface area contributed by atoms with Crippen LogP contribution in [0.2, 0.25) is 4.34 Å². The maximum atomic E-state index is 12.0. The van der Waals surface area contributed by atoms with Gasteiger partial charge in [0.25, 0.3) is 0 Å². The normalized spacial score (nSPS) is 21.2. The van der Waals surface area contributed by atoms with Crippen molar-refractivity contribution in [1.29, 1.82) is 0 Å². The van der Waals surface area contributed by atoms with Crippen LogP contribution in [0.5, 0.6) is 0 Å². The Morgan fingerprint density at radius 1 is 1.57 bits per heavy atom. The Balaban J connectivity index is 1.66. The van der Waals surface area contributed by atoms with Crippen LogP contribution in [-0.4, -0.2) is 36.5 Å². The first kappa shape index (κ1) is 16.8. The highest BCUT2D eigenvalue weighted by Crippen LogP contribution is 2.22. The molecule has 1 amide bonds. The first-order valence-corrected chi connectivity index (χ1v) is 8.98. The minimum atomic E-state index is 0.136. The van der Waals surface area contributed by atoms with Crippen molar-refractivity contribution in [2.24, 2.45) is 5.92 Å². The van der Waals surface area contributed by atoms with Crippen molar-refractivity contribution >= 4 is 28.8 Å². The van der Waals surface area contributed by atoms with Gasteiger partial charge >= 0.3 is 0 Å². The molecule has 2 atom stereocenters. The number of piperidine rings is 1. The maximum Gasteiger partial charge on any atom is 0.220 e. The summed E-state index contributed by atoms with van der Waals surface area (Å²) in [5, 5.41) is 3.11. The van der Waals surface area contributed by atoms with Crippen LogP contribution in [0.15, 0.2) is 12.1 Å². The second kappa shape index (κ2) is 8.16. The van der Waals surface area contributed by atoms with Crippen LogP contribution in [0, 0.1) is 5.92 Å². The fourth-order valence-corrected chi connectivity index (χ4v) is 4.04. The highest BCUT2D eigenvalue weighted by atomic mass is 35.5. The highest BCUT2D eigenvalue weighted by Gasteiger charge is 2.18. The molecule has 0 radical (unpaired) electrons. The van der Waals surface area contributed by atoms with Gasteiger partial charge in [-0.1, -0.05) is 18.5 Å². The molecule has 0 aliphatic carbocycles. The molecular weight excluding hydrogens is 304 g/mol. The van der Waals surface area contributed by atoms with Gasteiger partial charge in [0.1, 0.15) is 0 Å². The fraction of sp³-hybridized carbons (Fsp3) is 0.688. The SMILES string of the molecule is CC1CCCN(CC(C)NC(=O)CCc2ccc(Cl)s2)C1. The molecule has 118 valence electrons. The number of carbonyl (C=O) groups is 1. The van der Waals surface area contributed by atoms with Crippen molar-refractivity contribution in [3.05, 3.63) is 21.3 Å². The molecular formula is C16H25ClN2OS. The van der Waals surface area contributed by atoms with Crippen molar-refractivity contribution in [2.45, 2.75) is 45.6 Å². The lowest BCUT2D eigenvalue weighted by Crippen LogP contribution is -2.45. The van der Waals surface area contributed by atoms with Gasteiger partial charge in [-0.05, 0) is 50.8 Å². The van der Waals surface area contributed by atoms with Crippen LogP contribution >= 0.6 is 22.9 Å². The van der Waals surface area contributed by atoms with E-state index in [1.54, 1.807) is 11.3 Å². The molecule has 1 aromatic rings. The molecule has 2 rings (SSSR count). The van der Waals surface area contributed by atoms with Gasteiger partial charge in [-0.15, -0.1) is 11.3 Å². The molecule has 0 aromatic carbocycles. The van der Waals surface area contributed by atoms with Gasteiger partial charge in [-0.25, -0.2) is 0 Å². The minimum Gasteiger partial charge on any atom is -0.352 e.